The molecule has 0 radical (unpaired) electrons. The summed E-state index contributed by atoms with van der Waals surface area (Å²) in [6, 6.07) is 4.89. The Balaban J connectivity index is 2.32. The fraction of sp³-hybridized carbons (Fsp3) is 0.533. The Morgan fingerprint density at radius 2 is 2.05 bits per heavy atom. The Kier molecular flexibility index (Phi) is 4.21. The summed E-state index contributed by atoms with van der Waals surface area (Å²) in [5.41, 5.74) is 0.668. The van der Waals surface area contributed by atoms with E-state index in [1.54, 1.807) is 12.1 Å². The lowest BCUT2D eigenvalue weighted by molar-refractivity contribution is -0.141. The zero-order valence-electron chi connectivity index (χ0n) is 11.9. The second-order valence-electron chi connectivity index (χ2n) is 6.30. The first-order valence-electron chi connectivity index (χ1n) is 6.63. The highest BCUT2D eigenvalue weighted by Gasteiger charge is 2.42. The molecule has 0 aliphatic carbocycles. The molecule has 0 aromatic heterocycles. The fourth-order valence-electron chi connectivity index (χ4n) is 2.68. The number of hydrogen-bond donors (Lipinski definition) is 1. The molecule has 0 spiro atoms. The lowest BCUT2D eigenvalue weighted by Crippen LogP contribution is -2.40. The van der Waals surface area contributed by atoms with Crippen molar-refractivity contribution in [2.45, 2.75) is 32.2 Å². The molecule has 3 nitrogen and oxygen atoms in total. The van der Waals surface area contributed by atoms with E-state index in [9.17, 15) is 14.3 Å². The molecule has 110 valence electrons. The third-order valence-electron chi connectivity index (χ3n) is 3.96. The lowest BCUT2D eigenvalue weighted by atomic mass is 9.89. The molecule has 0 amide bonds. The first-order valence-corrected chi connectivity index (χ1v) is 7.42. The Hall–Kier alpha value is -0.940. The maximum atomic E-state index is 13.7. The van der Waals surface area contributed by atoms with Gasteiger partial charge in [0.2, 0.25) is 0 Å². The second-order valence-corrected chi connectivity index (χ2v) is 7.15. The summed E-state index contributed by atoms with van der Waals surface area (Å²) >= 11 is 3.12. The lowest BCUT2D eigenvalue weighted by Gasteiger charge is -2.31. The zero-order chi connectivity index (χ0) is 15.1. The van der Waals surface area contributed by atoms with Gasteiger partial charge in [0.1, 0.15) is 5.82 Å². The van der Waals surface area contributed by atoms with Crippen molar-refractivity contribution in [3.8, 4) is 0 Å². The molecular formula is C15H19BrFNO2. The van der Waals surface area contributed by atoms with Crippen LogP contribution in [0.1, 0.15) is 32.3 Å². The number of rotatable bonds is 2. The van der Waals surface area contributed by atoms with Gasteiger partial charge < -0.3 is 5.11 Å². The molecule has 1 aromatic carbocycles. The SMILES string of the molecule is CC(C)(C)N1C[C@@H](C(=O)O)[C@H](c2ccc(Br)c(F)c2)C1. The number of hydrogen-bond acceptors (Lipinski definition) is 2. The molecule has 1 aliphatic heterocycles. The van der Waals surface area contributed by atoms with Crippen molar-refractivity contribution >= 4 is 21.9 Å². The third kappa shape index (κ3) is 3.04. The molecule has 0 saturated carbocycles. The van der Waals surface area contributed by atoms with Crippen LogP contribution in [0.5, 0.6) is 0 Å². The van der Waals surface area contributed by atoms with Gasteiger partial charge in [-0.2, -0.15) is 0 Å². The molecule has 1 heterocycles. The Morgan fingerprint density at radius 3 is 2.55 bits per heavy atom. The number of aliphatic carboxylic acids is 1. The van der Waals surface area contributed by atoms with Crippen LogP contribution in [0.2, 0.25) is 0 Å². The summed E-state index contributed by atoms with van der Waals surface area (Å²) in [6.07, 6.45) is 0. The van der Waals surface area contributed by atoms with Crippen LogP contribution in [0.3, 0.4) is 0 Å². The summed E-state index contributed by atoms with van der Waals surface area (Å²) in [4.78, 5) is 13.6. The van der Waals surface area contributed by atoms with Gasteiger partial charge in [0, 0.05) is 24.5 Å². The summed E-state index contributed by atoms with van der Waals surface area (Å²) in [5.74, 6) is -1.82. The molecule has 1 N–H and O–H groups in total. The molecule has 2 rings (SSSR count). The molecule has 5 heteroatoms. The van der Waals surface area contributed by atoms with E-state index >= 15 is 0 Å². The van der Waals surface area contributed by atoms with E-state index in [-0.39, 0.29) is 17.3 Å². The van der Waals surface area contributed by atoms with E-state index in [0.717, 1.165) is 5.56 Å². The van der Waals surface area contributed by atoms with E-state index in [4.69, 9.17) is 0 Å². The minimum absolute atomic E-state index is 0.0869. The van der Waals surface area contributed by atoms with Crippen molar-refractivity contribution in [3.05, 3.63) is 34.1 Å². The predicted octanol–water partition coefficient (Wildman–Crippen LogP) is 3.49. The van der Waals surface area contributed by atoms with E-state index in [1.165, 1.54) is 6.07 Å². The van der Waals surface area contributed by atoms with Gasteiger partial charge in [0.25, 0.3) is 0 Å². The van der Waals surface area contributed by atoms with Crippen LogP contribution in [0, 0.1) is 11.7 Å². The smallest absolute Gasteiger partial charge is 0.308 e. The monoisotopic (exact) mass is 343 g/mol. The highest BCUT2D eigenvalue weighted by atomic mass is 79.9. The van der Waals surface area contributed by atoms with Gasteiger partial charge in [-0.25, -0.2) is 4.39 Å². The van der Waals surface area contributed by atoms with E-state index in [0.29, 0.717) is 17.6 Å². The molecule has 1 aromatic rings. The molecular weight excluding hydrogens is 325 g/mol. The summed E-state index contributed by atoms with van der Waals surface area (Å²) in [6.45, 7) is 7.34. The van der Waals surface area contributed by atoms with Crippen LogP contribution in [0.25, 0.3) is 0 Å². The van der Waals surface area contributed by atoms with Gasteiger partial charge in [-0.05, 0) is 54.4 Å². The quantitative estimate of drug-likeness (QED) is 0.893. The third-order valence-corrected chi connectivity index (χ3v) is 4.60. The van der Waals surface area contributed by atoms with E-state index in [2.05, 4.69) is 41.6 Å². The average molecular weight is 344 g/mol. The highest BCUT2D eigenvalue weighted by molar-refractivity contribution is 9.10. The van der Waals surface area contributed by atoms with Crippen LogP contribution in [0.4, 0.5) is 4.39 Å². The average Bonchev–Trinajstić information content (AvgIpc) is 2.77. The van der Waals surface area contributed by atoms with Gasteiger partial charge in [-0.3, -0.25) is 9.69 Å². The van der Waals surface area contributed by atoms with Gasteiger partial charge in [0.15, 0.2) is 0 Å². The van der Waals surface area contributed by atoms with Crippen molar-refractivity contribution in [2.24, 2.45) is 5.92 Å². The minimum Gasteiger partial charge on any atom is -0.481 e. The predicted molar refractivity (Wildman–Crippen MR) is 79.3 cm³/mol. The standard InChI is InChI=1S/C15H19BrFNO2/c1-15(2,3)18-7-10(11(8-18)14(19)20)9-4-5-12(16)13(17)6-9/h4-6,10-11H,7-8H2,1-3H3,(H,19,20)/t10-,11+/m0/s1. The second kappa shape index (κ2) is 5.45. The Morgan fingerprint density at radius 1 is 1.40 bits per heavy atom. The van der Waals surface area contributed by atoms with Crippen LogP contribution in [0.15, 0.2) is 22.7 Å². The largest absolute Gasteiger partial charge is 0.481 e. The number of likely N-dealkylation sites (tertiary alicyclic amines) is 1. The van der Waals surface area contributed by atoms with Crippen molar-refractivity contribution < 1.29 is 14.3 Å². The van der Waals surface area contributed by atoms with Crippen molar-refractivity contribution in [1.29, 1.82) is 0 Å². The summed E-state index contributed by atoms with van der Waals surface area (Å²) < 4.78 is 14.1. The number of halogens is 2. The van der Waals surface area contributed by atoms with Gasteiger partial charge >= 0.3 is 5.97 Å². The molecule has 0 bridgehead atoms. The number of benzene rings is 1. The van der Waals surface area contributed by atoms with Crippen molar-refractivity contribution in [1.82, 2.24) is 4.90 Å². The van der Waals surface area contributed by atoms with Crippen LogP contribution in [-0.2, 0) is 4.79 Å². The first-order chi connectivity index (χ1) is 9.20. The van der Waals surface area contributed by atoms with Crippen molar-refractivity contribution in [3.63, 3.8) is 0 Å². The van der Waals surface area contributed by atoms with Gasteiger partial charge in [-0.1, -0.05) is 6.07 Å². The number of carboxylic acid groups (broad SMARTS) is 1. The van der Waals surface area contributed by atoms with Crippen molar-refractivity contribution in [2.75, 3.05) is 13.1 Å². The molecule has 2 atom stereocenters. The molecule has 1 saturated heterocycles. The zero-order valence-corrected chi connectivity index (χ0v) is 13.4. The Bertz CT molecular complexity index is 527. The minimum atomic E-state index is -0.815. The van der Waals surface area contributed by atoms with Crippen LogP contribution < -0.4 is 0 Å². The molecule has 1 aliphatic rings. The first kappa shape index (κ1) is 15.4. The Labute approximate surface area is 126 Å². The van der Waals surface area contributed by atoms with Gasteiger partial charge in [-0.15, -0.1) is 0 Å². The fourth-order valence-corrected chi connectivity index (χ4v) is 2.93. The van der Waals surface area contributed by atoms with E-state index < -0.39 is 11.9 Å². The van der Waals surface area contributed by atoms with E-state index in [1.807, 2.05) is 0 Å². The summed E-state index contributed by atoms with van der Waals surface area (Å²) in [7, 11) is 0. The van der Waals surface area contributed by atoms with Crippen LogP contribution >= 0.6 is 15.9 Å². The maximum Gasteiger partial charge on any atom is 0.308 e. The maximum absolute atomic E-state index is 13.7. The van der Waals surface area contributed by atoms with Crippen LogP contribution in [-0.4, -0.2) is 34.6 Å². The number of carboxylic acids is 1. The van der Waals surface area contributed by atoms with Gasteiger partial charge in [0.05, 0.1) is 10.4 Å². The number of nitrogens with zero attached hydrogens (tertiary/aromatic N) is 1. The summed E-state index contributed by atoms with van der Waals surface area (Å²) in [5, 5.41) is 9.42. The highest BCUT2D eigenvalue weighted by Crippen LogP contribution is 2.37. The number of carbonyl (C=O) groups is 1. The topological polar surface area (TPSA) is 40.5 Å². The molecule has 20 heavy (non-hydrogen) atoms. The molecule has 1 fully saturated rings. The molecule has 0 unspecified atom stereocenters. The normalized spacial score (nSPS) is 24.1.